The molecule has 0 spiro atoms. The van der Waals surface area contributed by atoms with Crippen LogP contribution in [0.4, 0.5) is 0 Å². The van der Waals surface area contributed by atoms with Gasteiger partial charge in [-0.1, -0.05) is 6.42 Å². The van der Waals surface area contributed by atoms with Crippen LogP contribution < -0.4 is 0 Å². The van der Waals surface area contributed by atoms with E-state index in [4.69, 9.17) is 0 Å². The van der Waals surface area contributed by atoms with Gasteiger partial charge in [0.25, 0.3) is 0 Å². The predicted molar refractivity (Wildman–Crippen MR) is 85.2 cm³/mol. The van der Waals surface area contributed by atoms with E-state index in [0.717, 1.165) is 28.0 Å². The number of hydrogen-bond acceptors (Lipinski definition) is 3. The van der Waals surface area contributed by atoms with Crippen LogP contribution in [-0.2, 0) is 19.4 Å². The lowest BCUT2D eigenvalue weighted by atomic mass is 10.1. The first-order chi connectivity index (χ1) is 9.70. The summed E-state index contributed by atoms with van der Waals surface area (Å²) >= 11 is 5.27. The summed E-state index contributed by atoms with van der Waals surface area (Å²) in [5.74, 6) is 0. The number of aromatic nitrogens is 2. The summed E-state index contributed by atoms with van der Waals surface area (Å²) in [7, 11) is 0. The van der Waals surface area contributed by atoms with Crippen molar-refractivity contribution in [2.75, 3.05) is 0 Å². The van der Waals surface area contributed by atoms with Gasteiger partial charge in [-0.15, -0.1) is 11.3 Å². The molecule has 2 heterocycles. The summed E-state index contributed by atoms with van der Waals surface area (Å²) in [5, 5.41) is 15.0. The minimum absolute atomic E-state index is 0.580. The van der Waals surface area contributed by atoms with E-state index in [-0.39, 0.29) is 0 Å². The number of rotatable bonds is 3. The van der Waals surface area contributed by atoms with Crippen LogP contribution in [0.3, 0.4) is 0 Å². The molecule has 1 atom stereocenters. The maximum absolute atomic E-state index is 10.7. The van der Waals surface area contributed by atoms with Gasteiger partial charge in [0.1, 0.15) is 6.10 Å². The van der Waals surface area contributed by atoms with Crippen molar-refractivity contribution in [1.82, 2.24) is 9.78 Å². The third-order valence-electron chi connectivity index (χ3n) is 3.93. The van der Waals surface area contributed by atoms with Gasteiger partial charge < -0.3 is 5.11 Å². The van der Waals surface area contributed by atoms with E-state index in [9.17, 15) is 5.11 Å². The average molecular weight is 355 g/mol. The summed E-state index contributed by atoms with van der Waals surface area (Å²) in [6.07, 6.45) is 7.39. The summed E-state index contributed by atoms with van der Waals surface area (Å²) in [4.78, 5) is 2.52. The monoisotopic (exact) mass is 354 g/mol. The topological polar surface area (TPSA) is 38.0 Å². The number of aliphatic hydroxyl groups is 1. The van der Waals surface area contributed by atoms with Crippen molar-refractivity contribution in [3.8, 4) is 0 Å². The first kappa shape index (κ1) is 14.3. The molecule has 1 N–H and O–H groups in total. The van der Waals surface area contributed by atoms with Crippen molar-refractivity contribution in [2.45, 2.75) is 51.7 Å². The van der Waals surface area contributed by atoms with E-state index >= 15 is 0 Å². The first-order valence-corrected chi connectivity index (χ1v) is 8.82. The minimum atomic E-state index is -0.580. The quantitative estimate of drug-likeness (QED) is 0.843. The lowest BCUT2D eigenvalue weighted by Gasteiger charge is -2.11. The SMILES string of the molecule is CCn1ncc(Br)c1C(O)c1cc2c(s1)CCCCC2. The van der Waals surface area contributed by atoms with Crippen molar-refractivity contribution >= 4 is 27.3 Å². The highest BCUT2D eigenvalue weighted by atomic mass is 79.9. The molecule has 3 rings (SSSR count). The zero-order valence-electron chi connectivity index (χ0n) is 11.6. The molecule has 0 saturated heterocycles. The van der Waals surface area contributed by atoms with Crippen molar-refractivity contribution in [1.29, 1.82) is 0 Å². The van der Waals surface area contributed by atoms with E-state index < -0.39 is 6.10 Å². The Morgan fingerprint density at radius 2 is 2.20 bits per heavy atom. The molecule has 0 fully saturated rings. The molecule has 108 valence electrons. The molecule has 2 aromatic heterocycles. The molecule has 0 bridgehead atoms. The standard InChI is InChI=1S/C15H19BrN2OS/c1-2-18-14(11(16)9-17-18)15(19)13-8-10-6-4-3-5-7-12(10)20-13/h8-9,15,19H,2-7H2,1H3. The van der Waals surface area contributed by atoms with Crippen molar-refractivity contribution in [2.24, 2.45) is 0 Å². The van der Waals surface area contributed by atoms with Gasteiger partial charge in [-0.3, -0.25) is 4.68 Å². The number of halogens is 1. The van der Waals surface area contributed by atoms with Crippen molar-refractivity contribution < 1.29 is 5.11 Å². The van der Waals surface area contributed by atoms with Crippen molar-refractivity contribution in [3.05, 3.63) is 37.7 Å². The Bertz CT molecular complexity index is 582. The predicted octanol–water partition coefficient (Wildman–Crippen LogP) is 4.08. The molecule has 1 unspecified atom stereocenters. The van der Waals surface area contributed by atoms with Gasteiger partial charge in [-0.2, -0.15) is 5.10 Å². The first-order valence-electron chi connectivity index (χ1n) is 7.21. The number of thiophene rings is 1. The zero-order valence-corrected chi connectivity index (χ0v) is 14.0. The van der Waals surface area contributed by atoms with E-state index in [1.165, 1.54) is 36.1 Å². The van der Waals surface area contributed by atoms with Gasteiger partial charge in [0, 0.05) is 16.3 Å². The maximum Gasteiger partial charge on any atom is 0.131 e. The number of aliphatic hydroxyl groups excluding tert-OH is 1. The number of hydrogen-bond donors (Lipinski definition) is 1. The number of nitrogens with zero attached hydrogens (tertiary/aromatic N) is 2. The van der Waals surface area contributed by atoms with E-state index in [1.54, 1.807) is 17.5 Å². The van der Waals surface area contributed by atoms with Gasteiger partial charge in [-0.05, 0) is 60.2 Å². The summed E-state index contributed by atoms with van der Waals surface area (Å²) in [5.41, 5.74) is 2.31. The zero-order chi connectivity index (χ0) is 14.1. The van der Waals surface area contributed by atoms with Gasteiger partial charge >= 0.3 is 0 Å². The fourth-order valence-electron chi connectivity index (χ4n) is 2.86. The molecule has 5 heteroatoms. The number of fused-ring (bicyclic) bond motifs is 1. The highest BCUT2D eigenvalue weighted by Gasteiger charge is 2.23. The molecule has 1 aliphatic carbocycles. The Kier molecular flexibility index (Phi) is 4.29. The third kappa shape index (κ3) is 2.59. The molecule has 3 nitrogen and oxygen atoms in total. The highest BCUT2D eigenvalue weighted by molar-refractivity contribution is 9.10. The molecule has 20 heavy (non-hydrogen) atoms. The van der Waals surface area contributed by atoms with Crippen LogP contribution in [0.2, 0.25) is 0 Å². The molecule has 0 radical (unpaired) electrons. The smallest absolute Gasteiger partial charge is 0.131 e. The molecule has 0 aromatic carbocycles. The summed E-state index contributed by atoms with van der Waals surface area (Å²) < 4.78 is 2.75. The molecular weight excluding hydrogens is 336 g/mol. The molecule has 0 aliphatic heterocycles. The Morgan fingerprint density at radius 1 is 1.40 bits per heavy atom. The second-order valence-electron chi connectivity index (χ2n) is 5.25. The molecule has 2 aromatic rings. The van der Waals surface area contributed by atoms with E-state index in [2.05, 4.69) is 27.1 Å². The molecular formula is C15H19BrN2OS. The van der Waals surface area contributed by atoms with E-state index in [1.807, 2.05) is 11.6 Å². The molecule has 0 saturated carbocycles. The normalized spacial score (nSPS) is 16.8. The average Bonchev–Trinajstić information content (AvgIpc) is 2.95. The van der Waals surface area contributed by atoms with Crippen LogP contribution in [0.5, 0.6) is 0 Å². The van der Waals surface area contributed by atoms with Crippen molar-refractivity contribution in [3.63, 3.8) is 0 Å². The Hall–Kier alpha value is -0.650. The Balaban J connectivity index is 1.94. The van der Waals surface area contributed by atoms with Crippen LogP contribution in [0.15, 0.2) is 16.7 Å². The summed E-state index contributed by atoms with van der Waals surface area (Å²) in [6, 6.07) is 2.20. The minimum Gasteiger partial charge on any atom is -0.381 e. The van der Waals surface area contributed by atoms with Gasteiger partial charge in [0.2, 0.25) is 0 Å². The Labute approximate surface area is 131 Å². The second-order valence-corrected chi connectivity index (χ2v) is 7.28. The van der Waals surface area contributed by atoms with Crippen LogP contribution >= 0.6 is 27.3 Å². The van der Waals surface area contributed by atoms with Crippen LogP contribution in [0.25, 0.3) is 0 Å². The second kappa shape index (κ2) is 6.00. The van der Waals surface area contributed by atoms with Gasteiger partial charge in [0.05, 0.1) is 16.4 Å². The van der Waals surface area contributed by atoms with Crippen LogP contribution in [0.1, 0.15) is 53.3 Å². The lowest BCUT2D eigenvalue weighted by molar-refractivity contribution is 0.211. The number of aryl methyl sites for hydroxylation is 3. The fourth-order valence-corrected chi connectivity index (χ4v) is 4.62. The highest BCUT2D eigenvalue weighted by Crippen LogP contribution is 2.36. The van der Waals surface area contributed by atoms with Gasteiger partial charge in [0.15, 0.2) is 0 Å². The van der Waals surface area contributed by atoms with Crippen LogP contribution in [0, 0.1) is 0 Å². The third-order valence-corrected chi connectivity index (χ3v) is 5.83. The molecule has 0 amide bonds. The summed E-state index contributed by atoms with van der Waals surface area (Å²) in [6.45, 7) is 2.81. The van der Waals surface area contributed by atoms with Crippen LogP contribution in [-0.4, -0.2) is 14.9 Å². The van der Waals surface area contributed by atoms with E-state index in [0.29, 0.717) is 0 Å². The lowest BCUT2D eigenvalue weighted by Crippen LogP contribution is -2.08. The largest absolute Gasteiger partial charge is 0.381 e. The maximum atomic E-state index is 10.7. The molecule has 1 aliphatic rings. The fraction of sp³-hybridized carbons (Fsp3) is 0.533. The Morgan fingerprint density at radius 3 is 3.00 bits per heavy atom. The van der Waals surface area contributed by atoms with Gasteiger partial charge in [-0.25, -0.2) is 0 Å².